The summed E-state index contributed by atoms with van der Waals surface area (Å²) in [6.45, 7) is 4.64. The van der Waals surface area contributed by atoms with Gasteiger partial charge in [-0.05, 0) is 68.5 Å². The van der Waals surface area contributed by atoms with Crippen LogP contribution in [0.25, 0.3) is 5.69 Å². The van der Waals surface area contributed by atoms with Gasteiger partial charge in [0.05, 0.1) is 18.5 Å². The number of nitrogens with zero attached hydrogens (tertiary/aromatic N) is 2. The van der Waals surface area contributed by atoms with E-state index in [-0.39, 0.29) is 12.1 Å². The summed E-state index contributed by atoms with van der Waals surface area (Å²) in [7, 11) is 1.66. The Kier molecular flexibility index (Phi) is 7.49. The zero-order valence-corrected chi connectivity index (χ0v) is 17.9. The molecule has 3 rings (SSSR count). The molecule has 0 bridgehead atoms. The predicted octanol–water partition coefficient (Wildman–Crippen LogP) is 4.05. The summed E-state index contributed by atoms with van der Waals surface area (Å²) >= 11 is 0. The average Bonchev–Trinajstić information content (AvgIpc) is 3.12. The van der Waals surface area contributed by atoms with Crippen LogP contribution in [0.2, 0.25) is 0 Å². The Balaban J connectivity index is 1.40. The number of nitrogens with one attached hydrogen (secondary N) is 2. The summed E-state index contributed by atoms with van der Waals surface area (Å²) in [5.74, 6) is 0.829. The molecule has 6 heteroatoms. The zero-order chi connectivity index (χ0) is 21.3. The lowest BCUT2D eigenvalue weighted by Crippen LogP contribution is -2.42. The van der Waals surface area contributed by atoms with Crippen LogP contribution in [0, 0.1) is 6.92 Å². The van der Waals surface area contributed by atoms with Gasteiger partial charge in [0.15, 0.2) is 0 Å². The number of rotatable bonds is 9. The van der Waals surface area contributed by atoms with Gasteiger partial charge in [0.2, 0.25) is 0 Å². The Hall–Kier alpha value is -3.28. The van der Waals surface area contributed by atoms with E-state index >= 15 is 0 Å². The highest BCUT2D eigenvalue weighted by molar-refractivity contribution is 5.74. The van der Waals surface area contributed by atoms with Gasteiger partial charge in [-0.1, -0.05) is 30.3 Å². The molecule has 158 valence electrons. The minimum Gasteiger partial charge on any atom is -0.497 e. The zero-order valence-electron chi connectivity index (χ0n) is 17.9. The van der Waals surface area contributed by atoms with Gasteiger partial charge in [0, 0.05) is 18.8 Å². The number of amides is 2. The Morgan fingerprint density at radius 1 is 1.17 bits per heavy atom. The first-order valence-electron chi connectivity index (χ1n) is 10.3. The third kappa shape index (κ3) is 6.11. The van der Waals surface area contributed by atoms with Gasteiger partial charge < -0.3 is 15.4 Å². The summed E-state index contributed by atoms with van der Waals surface area (Å²) in [6.07, 6.45) is 4.56. The molecular formula is C24H30N4O2. The summed E-state index contributed by atoms with van der Waals surface area (Å²) in [4.78, 5) is 12.2. The van der Waals surface area contributed by atoms with Crippen molar-refractivity contribution in [1.29, 1.82) is 0 Å². The molecule has 3 aromatic rings. The van der Waals surface area contributed by atoms with E-state index in [2.05, 4.69) is 21.9 Å². The number of carbonyl (C=O) groups is 1. The number of methoxy groups -OCH3 is 1. The maximum atomic E-state index is 12.2. The summed E-state index contributed by atoms with van der Waals surface area (Å²) in [5.41, 5.74) is 4.41. The molecule has 0 saturated carbocycles. The smallest absolute Gasteiger partial charge is 0.315 e. The average molecular weight is 407 g/mol. The van der Waals surface area contributed by atoms with Gasteiger partial charge in [-0.3, -0.25) is 0 Å². The van der Waals surface area contributed by atoms with Crippen LogP contribution in [0.1, 0.15) is 30.2 Å². The van der Waals surface area contributed by atoms with Crippen molar-refractivity contribution >= 4 is 6.03 Å². The van der Waals surface area contributed by atoms with Gasteiger partial charge in [-0.15, -0.1) is 0 Å². The van der Waals surface area contributed by atoms with Crippen LogP contribution in [-0.2, 0) is 12.8 Å². The van der Waals surface area contributed by atoms with Crippen LogP contribution in [0.4, 0.5) is 4.79 Å². The summed E-state index contributed by atoms with van der Waals surface area (Å²) in [6, 6.07) is 17.9. The normalized spacial score (nSPS) is 11.7. The van der Waals surface area contributed by atoms with Crippen molar-refractivity contribution in [3.05, 3.63) is 77.6 Å². The van der Waals surface area contributed by atoms with Gasteiger partial charge in [-0.25, -0.2) is 9.48 Å². The first-order valence-corrected chi connectivity index (χ1v) is 10.3. The van der Waals surface area contributed by atoms with Crippen LogP contribution < -0.4 is 15.4 Å². The topological polar surface area (TPSA) is 68.2 Å². The number of carbonyl (C=O) groups excluding carboxylic acids is 1. The number of hydrogen-bond acceptors (Lipinski definition) is 3. The van der Waals surface area contributed by atoms with Gasteiger partial charge in [0.1, 0.15) is 5.75 Å². The second-order valence-electron chi connectivity index (χ2n) is 7.48. The molecule has 0 saturated heterocycles. The molecule has 0 spiro atoms. The van der Waals surface area contributed by atoms with Gasteiger partial charge in [0.25, 0.3) is 0 Å². The lowest BCUT2D eigenvalue weighted by Gasteiger charge is -2.15. The molecule has 6 nitrogen and oxygen atoms in total. The predicted molar refractivity (Wildman–Crippen MR) is 119 cm³/mol. The molecule has 0 aliphatic rings. The van der Waals surface area contributed by atoms with Crippen molar-refractivity contribution in [3.63, 3.8) is 0 Å². The molecule has 1 aromatic heterocycles. The minimum atomic E-state index is -0.137. The molecule has 30 heavy (non-hydrogen) atoms. The fraction of sp³-hybridized carbons (Fsp3) is 0.333. The van der Waals surface area contributed by atoms with E-state index in [0.29, 0.717) is 6.54 Å². The van der Waals surface area contributed by atoms with Crippen molar-refractivity contribution in [2.24, 2.45) is 0 Å². The van der Waals surface area contributed by atoms with E-state index in [1.807, 2.05) is 73.1 Å². The molecule has 0 fully saturated rings. The fourth-order valence-electron chi connectivity index (χ4n) is 3.41. The molecule has 2 N–H and O–H groups in total. The standard InChI is InChI=1S/C24H30N4O2/c1-18(15-20-9-7-13-23(16-20)30-3)26-24(29)25-14-8-10-21-17-28(27-19(21)2)22-11-5-4-6-12-22/h4-7,9,11-13,16-18H,8,10,14-15H2,1-3H3,(H2,25,26,29). The van der Waals surface area contributed by atoms with E-state index in [4.69, 9.17) is 4.74 Å². The van der Waals surface area contributed by atoms with Crippen LogP contribution in [-0.4, -0.2) is 35.5 Å². The van der Waals surface area contributed by atoms with E-state index in [0.717, 1.165) is 42.0 Å². The van der Waals surface area contributed by atoms with Crippen molar-refractivity contribution in [3.8, 4) is 11.4 Å². The number of para-hydroxylation sites is 1. The molecule has 0 aliphatic carbocycles. The number of aromatic nitrogens is 2. The van der Waals surface area contributed by atoms with Gasteiger partial charge in [-0.2, -0.15) is 5.10 Å². The number of ether oxygens (including phenoxy) is 1. The largest absolute Gasteiger partial charge is 0.497 e. The maximum absolute atomic E-state index is 12.2. The van der Waals surface area contributed by atoms with E-state index < -0.39 is 0 Å². The van der Waals surface area contributed by atoms with Crippen LogP contribution in [0.3, 0.4) is 0 Å². The maximum Gasteiger partial charge on any atom is 0.315 e. The highest BCUT2D eigenvalue weighted by atomic mass is 16.5. The number of aryl methyl sites for hydroxylation is 2. The van der Waals surface area contributed by atoms with Crippen molar-refractivity contribution < 1.29 is 9.53 Å². The van der Waals surface area contributed by atoms with Gasteiger partial charge >= 0.3 is 6.03 Å². The molecule has 1 heterocycles. The molecule has 1 unspecified atom stereocenters. The monoisotopic (exact) mass is 406 g/mol. The Labute approximate surface area is 178 Å². The first-order chi connectivity index (χ1) is 14.5. The Morgan fingerprint density at radius 2 is 1.97 bits per heavy atom. The molecule has 0 aliphatic heterocycles. The molecule has 2 amide bonds. The fourth-order valence-corrected chi connectivity index (χ4v) is 3.41. The van der Waals surface area contributed by atoms with Crippen LogP contribution in [0.5, 0.6) is 5.75 Å². The van der Waals surface area contributed by atoms with E-state index in [1.165, 1.54) is 5.56 Å². The number of benzene rings is 2. The van der Waals surface area contributed by atoms with E-state index in [9.17, 15) is 4.79 Å². The summed E-state index contributed by atoms with van der Waals surface area (Å²) < 4.78 is 7.16. The highest BCUT2D eigenvalue weighted by Crippen LogP contribution is 2.14. The Bertz CT molecular complexity index is 953. The van der Waals surface area contributed by atoms with Crippen molar-refractivity contribution in [1.82, 2.24) is 20.4 Å². The molecular weight excluding hydrogens is 376 g/mol. The third-order valence-electron chi connectivity index (χ3n) is 4.98. The second-order valence-corrected chi connectivity index (χ2v) is 7.48. The first kappa shape index (κ1) is 21.4. The number of urea groups is 1. The minimum absolute atomic E-state index is 0.0310. The summed E-state index contributed by atoms with van der Waals surface area (Å²) in [5, 5.41) is 10.5. The molecule has 2 aromatic carbocycles. The van der Waals surface area contributed by atoms with Crippen molar-refractivity contribution in [2.75, 3.05) is 13.7 Å². The molecule has 0 radical (unpaired) electrons. The quantitative estimate of drug-likeness (QED) is 0.527. The second kappa shape index (κ2) is 10.5. The highest BCUT2D eigenvalue weighted by Gasteiger charge is 2.09. The Morgan fingerprint density at radius 3 is 2.73 bits per heavy atom. The lowest BCUT2D eigenvalue weighted by atomic mass is 10.1. The lowest BCUT2D eigenvalue weighted by molar-refractivity contribution is 0.237. The molecule has 1 atom stereocenters. The third-order valence-corrected chi connectivity index (χ3v) is 4.98. The van der Waals surface area contributed by atoms with Crippen molar-refractivity contribution in [2.45, 2.75) is 39.2 Å². The number of hydrogen-bond donors (Lipinski definition) is 2. The van der Waals surface area contributed by atoms with Crippen LogP contribution in [0.15, 0.2) is 60.8 Å². The van der Waals surface area contributed by atoms with Crippen LogP contribution >= 0.6 is 0 Å². The van der Waals surface area contributed by atoms with E-state index in [1.54, 1.807) is 7.11 Å². The SMILES string of the molecule is COc1cccc(CC(C)NC(=O)NCCCc2cn(-c3ccccc3)nc2C)c1.